The van der Waals surface area contributed by atoms with Gasteiger partial charge in [0.25, 0.3) is 0 Å². The number of allylic oxidation sites excluding steroid dienone is 3. The lowest BCUT2D eigenvalue weighted by molar-refractivity contribution is 1.23. The van der Waals surface area contributed by atoms with Crippen molar-refractivity contribution < 1.29 is 0 Å². The Morgan fingerprint density at radius 1 is 0.525 bits per heavy atom. The molecule has 0 spiro atoms. The van der Waals surface area contributed by atoms with Gasteiger partial charge in [0.15, 0.2) is 0 Å². The number of fused-ring (bicyclic) bond motifs is 3. The van der Waals surface area contributed by atoms with Gasteiger partial charge < -0.3 is 0 Å². The first kappa shape index (κ1) is 21.9. The van der Waals surface area contributed by atoms with E-state index in [1.165, 1.54) is 87.6 Å². The second kappa shape index (κ2) is 8.24. The standard InChI is InChI=1S/C39H25N/c1-2-11-28-24(7-1)8-6-14-29(28)38-30-12-3-4-13-31(30)39(35-23-40-22-21-34(35)38)33-20-18-27-16-15-25-9-5-10-26-17-19-32(33)37(27)36(25)26/h1-9,11-18,20-23H,10,19H2. The lowest BCUT2D eigenvalue weighted by Crippen LogP contribution is -2.05. The number of rotatable bonds is 2. The molecule has 0 saturated heterocycles. The van der Waals surface area contributed by atoms with Crippen molar-refractivity contribution >= 4 is 54.7 Å². The number of hydrogen-bond donors (Lipinski definition) is 0. The van der Waals surface area contributed by atoms with E-state index in [1.54, 1.807) is 0 Å². The maximum absolute atomic E-state index is 4.68. The second-order valence-electron chi connectivity index (χ2n) is 11.0. The van der Waals surface area contributed by atoms with Gasteiger partial charge in [-0.2, -0.15) is 0 Å². The summed E-state index contributed by atoms with van der Waals surface area (Å²) in [6.07, 6.45) is 13.0. The molecule has 9 rings (SSSR count). The topological polar surface area (TPSA) is 12.9 Å². The molecule has 7 aromatic rings. The predicted molar refractivity (Wildman–Crippen MR) is 170 cm³/mol. The zero-order valence-electron chi connectivity index (χ0n) is 22.0. The molecule has 0 amide bonds. The van der Waals surface area contributed by atoms with Crippen LogP contribution in [-0.4, -0.2) is 4.98 Å². The Morgan fingerprint density at radius 3 is 2.17 bits per heavy atom. The highest BCUT2D eigenvalue weighted by Gasteiger charge is 2.24. The minimum atomic E-state index is 0.952. The largest absolute Gasteiger partial charge is 0.264 e. The van der Waals surface area contributed by atoms with Crippen LogP contribution in [0.1, 0.15) is 23.1 Å². The fourth-order valence-corrected chi connectivity index (χ4v) is 7.31. The van der Waals surface area contributed by atoms with Crippen LogP contribution in [0.2, 0.25) is 0 Å². The molecule has 186 valence electrons. The van der Waals surface area contributed by atoms with Crippen LogP contribution in [-0.2, 0) is 6.42 Å². The van der Waals surface area contributed by atoms with E-state index in [0.717, 1.165) is 12.8 Å². The van der Waals surface area contributed by atoms with E-state index >= 15 is 0 Å². The quantitative estimate of drug-likeness (QED) is 0.212. The van der Waals surface area contributed by atoms with E-state index in [1.807, 2.05) is 6.20 Å². The molecule has 1 heterocycles. The fraction of sp³-hybridized carbons (Fsp3) is 0.0513. The maximum Gasteiger partial charge on any atom is 0.0353 e. The molecule has 0 bridgehead atoms. The van der Waals surface area contributed by atoms with E-state index in [9.17, 15) is 0 Å². The van der Waals surface area contributed by atoms with Crippen LogP contribution in [0, 0.1) is 0 Å². The van der Waals surface area contributed by atoms with Crippen molar-refractivity contribution in [2.24, 2.45) is 0 Å². The van der Waals surface area contributed by atoms with E-state index in [2.05, 4.69) is 126 Å². The molecule has 1 heteroatoms. The first-order valence-electron chi connectivity index (χ1n) is 14.1. The van der Waals surface area contributed by atoms with Gasteiger partial charge in [-0.3, -0.25) is 4.98 Å². The molecule has 0 saturated carbocycles. The van der Waals surface area contributed by atoms with Crippen LogP contribution in [0.4, 0.5) is 0 Å². The third-order valence-corrected chi connectivity index (χ3v) is 8.99. The van der Waals surface area contributed by atoms with Crippen molar-refractivity contribution in [3.8, 4) is 22.3 Å². The lowest BCUT2D eigenvalue weighted by Gasteiger charge is -2.26. The third kappa shape index (κ3) is 2.95. The Hall–Kier alpha value is -5.01. The average molecular weight is 508 g/mol. The van der Waals surface area contributed by atoms with Gasteiger partial charge in [0, 0.05) is 17.8 Å². The summed E-state index contributed by atoms with van der Waals surface area (Å²) < 4.78 is 0. The molecule has 2 aliphatic carbocycles. The Labute approximate surface area is 232 Å². The Morgan fingerprint density at radius 2 is 1.27 bits per heavy atom. The van der Waals surface area contributed by atoms with Gasteiger partial charge in [0.2, 0.25) is 0 Å². The van der Waals surface area contributed by atoms with Gasteiger partial charge in [0.05, 0.1) is 0 Å². The van der Waals surface area contributed by atoms with Crippen LogP contribution in [0.3, 0.4) is 0 Å². The first-order valence-corrected chi connectivity index (χ1v) is 14.1. The number of aromatic nitrogens is 1. The van der Waals surface area contributed by atoms with E-state index < -0.39 is 0 Å². The number of nitrogens with zero attached hydrogens (tertiary/aromatic N) is 1. The molecule has 1 nitrogen and oxygen atoms in total. The molecular weight excluding hydrogens is 482 g/mol. The molecule has 2 aliphatic rings. The molecule has 40 heavy (non-hydrogen) atoms. The van der Waals surface area contributed by atoms with Gasteiger partial charge in [-0.15, -0.1) is 0 Å². The van der Waals surface area contributed by atoms with Crippen molar-refractivity contribution in [1.29, 1.82) is 0 Å². The number of benzene rings is 6. The summed E-state index contributed by atoms with van der Waals surface area (Å²) in [4.78, 5) is 4.68. The smallest absolute Gasteiger partial charge is 0.0353 e. The number of hydrogen-bond acceptors (Lipinski definition) is 1. The van der Waals surface area contributed by atoms with Crippen LogP contribution in [0.5, 0.6) is 0 Å². The van der Waals surface area contributed by atoms with Crippen LogP contribution >= 0.6 is 0 Å². The van der Waals surface area contributed by atoms with Gasteiger partial charge >= 0.3 is 0 Å². The highest BCUT2D eigenvalue weighted by atomic mass is 14.6. The summed E-state index contributed by atoms with van der Waals surface area (Å²) in [5.41, 5.74) is 10.8. The van der Waals surface area contributed by atoms with E-state index in [-0.39, 0.29) is 0 Å². The van der Waals surface area contributed by atoms with Crippen molar-refractivity contribution in [2.75, 3.05) is 0 Å². The third-order valence-electron chi connectivity index (χ3n) is 8.99. The summed E-state index contributed by atoms with van der Waals surface area (Å²) in [7, 11) is 0. The van der Waals surface area contributed by atoms with Crippen molar-refractivity contribution in [3.05, 3.63) is 138 Å². The zero-order valence-corrected chi connectivity index (χ0v) is 22.0. The second-order valence-corrected chi connectivity index (χ2v) is 11.0. The fourth-order valence-electron chi connectivity index (χ4n) is 7.31. The Bertz CT molecular complexity index is 2200. The summed E-state index contributed by atoms with van der Waals surface area (Å²) in [6, 6.07) is 35.8. The minimum Gasteiger partial charge on any atom is -0.264 e. The van der Waals surface area contributed by atoms with Crippen molar-refractivity contribution in [1.82, 2.24) is 4.98 Å². The van der Waals surface area contributed by atoms with Gasteiger partial charge in [-0.25, -0.2) is 0 Å². The van der Waals surface area contributed by atoms with Crippen LogP contribution in [0.25, 0.3) is 77.0 Å². The zero-order chi connectivity index (χ0) is 26.2. The normalized spacial score (nSPS) is 13.8. The Kier molecular flexibility index (Phi) is 4.51. The van der Waals surface area contributed by atoms with Gasteiger partial charge in [-0.1, -0.05) is 109 Å². The van der Waals surface area contributed by atoms with Crippen LogP contribution < -0.4 is 0 Å². The monoisotopic (exact) mass is 507 g/mol. The van der Waals surface area contributed by atoms with Crippen molar-refractivity contribution in [3.63, 3.8) is 0 Å². The summed E-state index contributed by atoms with van der Waals surface area (Å²) in [5.74, 6) is 0. The van der Waals surface area contributed by atoms with Gasteiger partial charge in [0.1, 0.15) is 0 Å². The van der Waals surface area contributed by atoms with Crippen molar-refractivity contribution in [2.45, 2.75) is 12.8 Å². The summed E-state index contributed by atoms with van der Waals surface area (Å²) >= 11 is 0. The average Bonchev–Trinajstić information content (AvgIpc) is 3.02. The molecule has 1 aromatic heterocycles. The highest BCUT2D eigenvalue weighted by Crippen LogP contribution is 2.49. The molecule has 0 fully saturated rings. The number of pyridine rings is 1. The SMILES string of the molecule is C1=Cc2ccc3ccc(-c4c5ccccc5c(-c5cccc6ccccc56)c5ccncc45)c4c3c2C(=CC4)C1. The molecule has 0 aliphatic heterocycles. The first-order chi connectivity index (χ1) is 19.9. The molecule has 0 atom stereocenters. The summed E-state index contributed by atoms with van der Waals surface area (Å²) in [6.45, 7) is 0. The van der Waals surface area contributed by atoms with Crippen LogP contribution in [0.15, 0.2) is 122 Å². The maximum atomic E-state index is 4.68. The van der Waals surface area contributed by atoms with E-state index in [4.69, 9.17) is 0 Å². The Balaban J connectivity index is 1.44. The van der Waals surface area contributed by atoms with Gasteiger partial charge in [-0.05, 0) is 101 Å². The molecular formula is C39H25N. The molecule has 0 N–H and O–H groups in total. The molecule has 6 aromatic carbocycles. The summed E-state index contributed by atoms with van der Waals surface area (Å²) in [5, 5.41) is 10.3. The minimum absolute atomic E-state index is 0.952. The lowest BCUT2D eigenvalue weighted by atomic mass is 9.77. The van der Waals surface area contributed by atoms with E-state index in [0.29, 0.717) is 0 Å². The molecule has 0 radical (unpaired) electrons. The predicted octanol–water partition coefficient (Wildman–Crippen LogP) is 10.4. The highest BCUT2D eigenvalue weighted by molar-refractivity contribution is 6.24. The molecule has 0 unspecified atom stereocenters.